The van der Waals surface area contributed by atoms with Gasteiger partial charge in [0, 0.05) is 37.5 Å². The van der Waals surface area contributed by atoms with Crippen LogP contribution in [0, 0.1) is 11.6 Å². The first-order chi connectivity index (χ1) is 14.0. The summed E-state index contributed by atoms with van der Waals surface area (Å²) >= 11 is 1.61. The van der Waals surface area contributed by atoms with Gasteiger partial charge in [0.1, 0.15) is 11.6 Å². The van der Waals surface area contributed by atoms with Gasteiger partial charge in [0.2, 0.25) is 0 Å². The van der Waals surface area contributed by atoms with Gasteiger partial charge in [-0.3, -0.25) is 4.79 Å². The molecule has 2 fully saturated rings. The second-order valence-corrected chi connectivity index (χ2v) is 8.96. The first-order valence-corrected chi connectivity index (χ1v) is 11.2. The van der Waals surface area contributed by atoms with Crippen LogP contribution in [-0.2, 0) is 0 Å². The number of piperazine rings is 1. The van der Waals surface area contributed by atoms with Gasteiger partial charge in [-0.15, -0.1) is 11.8 Å². The number of rotatable bonds is 5. The lowest BCUT2D eigenvalue weighted by atomic mass is 10.2. The van der Waals surface area contributed by atoms with Gasteiger partial charge in [-0.2, -0.15) is 9.78 Å². The Labute approximate surface area is 173 Å². The SMILES string of the molecule is CCN1CCN(c2cnn(-c3cc(F)cc(F)c3)c(=O)c2SC2CCCC2)CC1. The lowest BCUT2D eigenvalue weighted by Gasteiger charge is -2.36. The van der Waals surface area contributed by atoms with E-state index in [4.69, 9.17) is 0 Å². The maximum absolute atomic E-state index is 13.7. The third-order valence-corrected chi connectivity index (χ3v) is 7.18. The smallest absolute Gasteiger partial charge is 0.287 e. The van der Waals surface area contributed by atoms with Crippen LogP contribution in [0.1, 0.15) is 32.6 Å². The molecule has 2 aliphatic rings. The van der Waals surface area contributed by atoms with Crippen molar-refractivity contribution in [1.82, 2.24) is 14.7 Å². The molecule has 0 radical (unpaired) electrons. The maximum Gasteiger partial charge on any atom is 0.287 e. The molecule has 1 aliphatic carbocycles. The van der Waals surface area contributed by atoms with Crippen molar-refractivity contribution in [2.24, 2.45) is 0 Å². The average Bonchev–Trinajstić information content (AvgIpc) is 3.22. The van der Waals surface area contributed by atoms with Crippen LogP contribution in [0.3, 0.4) is 0 Å². The summed E-state index contributed by atoms with van der Waals surface area (Å²) in [5.74, 6) is -1.45. The molecule has 0 spiro atoms. The molecule has 2 heterocycles. The number of halogens is 2. The molecule has 1 aromatic carbocycles. The Hall–Kier alpha value is -1.93. The Morgan fingerprint density at radius 2 is 1.72 bits per heavy atom. The highest BCUT2D eigenvalue weighted by molar-refractivity contribution is 8.00. The zero-order valence-electron chi connectivity index (χ0n) is 16.6. The van der Waals surface area contributed by atoms with Crippen LogP contribution in [0.2, 0.25) is 0 Å². The molecule has 1 aliphatic heterocycles. The molecule has 1 saturated heterocycles. The Balaban J connectivity index is 1.73. The molecule has 2 aromatic rings. The van der Waals surface area contributed by atoms with Gasteiger partial charge < -0.3 is 9.80 Å². The predicted molar refractivity (Wildman–Crippen MR) is 112 cm³/mol. The van der Waals surface area contributed by atoms with Crippen LogP contribution in [0.5, 0.6) is 0 Å². The number of hydrogen-bond acceptors (Lipinski definition) is 5. The average molecular weight is 421 g/mol. The highest BCUT2D eigenvalue weighted by Crippen LogP contribution is 2.37. The van der Waals surface area contributed by atoms with Gasteiger partial charge in [0.15, 0.2) is 0 Å². The number of nitrogens with zero attached hydrogens (tertiary/aromatic N) is 4. The van der Waals surface area contributed by atoms with E-state index in [9.17, 15) is 13.6 Å². The summed E-state index contributed by atoms with van der Waals surface area (Å²) < 4.78 is 28.5. The monoisotopic (exact) mass is 420 g/mol. The first-order valence-electron chi connectivity index (χ1n) is 10.3. The maximum atomic E-state index is 13.7. The Morgan fingerprint density at radius 3 is 2.34 bits per heavy atom. The van der Waals surface area contributed by atoms with Crippen LogP contribution in [0.15, 0.2) is 34.1 Å². The molecule has 5 nitrogen and oxygen atoms in total. The molecule has 0 unspecified atom stereocenters. The summed E-state index contributed by atoms with van der Waals surface area (Å²) in [6.07, 6.45) is 6.21. The standard InChI is InChI=1S/C21H26F2N4OS/c1-2-25-7-9-26(10-8-25)19-14-24-27(17-12-15(22)11-16(23)13-17)21(28)20(19)29-18-5-3-4-6-18/h11-14,18H,2-10H2,1H3. The van der Waals surface area contributed by atoms with Gasteiger partial charge in [0.25, 0.3) is 5.56 Å². The largest absolute Gasteiger partial charge is 0.367 e. The fourth-order valence-corrected chi connectivity index (χ4v) is 5.48. The quantitative estimate of drug-likeness (QED) is 0.738. The summed E-state index contributed by atoms with van der Waals surface area (Å²) in [4.78, 5) is 18.6. The molecular formula is C21H26F2N4OS. The second-order valence-electron chi connectivity index (χ2n) is 7.65. The highest BCUT2D eigenvalue weighted by atomic mass is 32.2. The summed E-state index contributed by atoms with van der Waals surface area (Å²) in [6, 6.07) is 3.08. The fourth-order valence-electron chi connectivity index (χ4n) is 4.09. The lowest BCUT2D eigenvalue weighted by Crippen LogP contribution is -2.47. The van der Waals surface area contributed by atoms with E-state index >= 15 is 0 Å². The van der Waals surface area contributed by atoms with Gasteiger partial charge in [-0.1, -0.05) is 19.8 Å². The van der Waals surface area contributed by atoms with E-state index in [1.807, 2.05) is 0 Å². The number of benzene rings is 1. The molecule has 0 N–H and O–H groups in total. The minimum Gasteiger partial charge on any atom is -0.367 e. The summed E-state index contributed by atoms with van der Waals surface area (Å²) in [5.41, 5.74) is 0.654. The fraction of sp³-hybridized carbons (Fsp3) is 0.524. The van der Waals surface area contributed by atoms with Crippen molar-refractivity contribution in [2.45, 2.75) is 42.8 Å². The third-order valence-electron chi connectivity index (χ3n) is 5.75. The Morgan fingerprint density at radius 1 is 1.07 bits per heavy atom. The zero-order valence-corrected chi connectivity index (χ0v) is 17.4. The Kier molecular flexibility index (Phi) is 6.20. The summed E-state index contributed by atoms with van der Waals surface area (Å²) in [7, 11) is 0. The molecule has 0 atom stereocenters. The van der Waals surface area contributed by atoms with Crippen molar-refractivity contribution in [1.29, 1.82) is 0 Å². The molecule has 29 heavy (non-hydrogen) atoms. The van der Waals surface area contributed by atoms with Gasteiger partial charge >= 0.3 is 0 Å². The van der Waals surface area contributed by atoms with Gasteiger partial charge in [-0.25, -0.2) is 8.78 Å². The second kappa shape index (κ2) is 8.83. The van der Waals surface area contributed by atoms with E-state index in [1.165, 1.54) is 12.8 Å². The van der Waals surface area contributed by atoms with E-state index in [0.717, 1.165) is 74.1 Å². The third kappa shape index (κ3) is 4.48. The normalized spacial score (nSPS) is 18.5. The number of likely N-dealkylation sites (N-methyl/N-ethyl adjacent to an activating group) is 1. The van der Waals surface area contributed by atoms with Crippen LogP contribution >= 0.6 is 11.8 Å². The number of hydrogen-bond donors (Lipinski definition) is 0. The lowest BCUT2D eigenvalue weighted by molar-refractivity contribution is 0.270. The van der Waals surface area contributed by atoms with Crippen molar-refractivity contribution in [2.75, 3.05) is 37.6 Å². The van der Waals surface area contributed by atoms with Crippen LogP contribution in [0.25, 0.3) is 5.69 Å². The van der Waals surface area contributed by atoms with E-state index in [1.54, 1.807) is 18.0 Å². The van der Waals surface area contributed by atoms with Crippen LogP contribution in [-0.4, -0.2) is 52.7 Å². The van der Waals surface area contributed by atoms with E-state index in [2.05, 4.69) is 21.8 Å². The number of aromatic nitrogens is 2. The predicted octanol–water partition coefficient (Wildman–Crippen LogP) is 3.69. The van der Waals surface area contributed by atoms with Gasteiger partial charge in [-0.05, 0) is 31.5 Å². The van der Waals surface area contributed by atoms with Crippen LogP contribution < -0.4 is 10.5 Å². The molecule has 8 heteroatoms. The highest BCUT2D eigenvalue weighted by Gasteiger charge is 2.26. The van der Waals surface area contributed by atoms with Gasteiger partial charge in [0.05, 0.1) is 22.5 Å². The number of thioether (sulfide) groups is 1. The summed E-state index contributed by atoms with van der Waals surface area (Å²) in [5, 5.41) is 4.68. The zero-order chi connectivity index (χ0) is 20.4. The van der Waals surface area contributed by atoms with E-state index in [0.29, 0.717) is 10.1 Å². The minimum atomic E-state index is -0.724. The molecule has 1 saturated carbocycles. The molecule has 0 bridgehead atoms. The summed E-state index contributed by atoms with van der Waals surface area (Å²) in [6.45, 7) is 6.74. The van der Waals surface area contributed by atoms with E-state index < -0.39 is 11.6 Å². The molecule has 0 amide bonds. The number of anilines is 1. The van der Waals surface area contributed by atoms with E-state index in [-0.39, 0.29) is 11.2 Å². The topological polar surface area (TPSA) is 41.4 Å². The minimum absolute atomic E-state index is 0.114. The Bertz CT molecular complexity index is 901. The van der Waals surface area contributed by atoms with Crippen molar-refractivity contribution in [3.05, 3.63) is 46.4 Å². The van der Waals surface area contributed by atoms with Crippen LogP contribution in [0.4, 0.5) is 14.5 Å². The van der Waals surface area contributed by atoms with Crippen molar-refractivity contribution >= 4 is 17.4 Å². The molecule has 4 rings (SSSR count). The molecular weight excluding hydrogens is 394 g/mol. The first kappa shape index (κ1) is 20.3. The van der Waals surface area contributed by atoms with Crippen molar-refractivity contribution in [3.63, 3.8) is 0 Å². The van der Waals surface area contributed by atoms with Crippen molar-refractivity contribution < 1.29 is 8.78 Å². The van der Waals surface area contributed by atoms with Crippen molar-refractivity contribution in [3.8, 4) is 5.69 Å². The molecule has 156 valence electrons. The molecule has 1 aromatic heterocycles.